The van der Waals surface area contributed by atoms with Gasteiger partial charge in [0.2, 0.25) is 5.78 Å². The van der Waals surface area contributed by atoms with Crippen LogP contribution >= 0.6 is 16.1 Å². The number of hydrogen-bond donors (Lipinski definition) is 4. The van der Waals surface area contributed by atoms with Gasteiger partial charge in [-0.15, -0.1) is 0 Å². The maximum absolute atomic E-state index is 11.6. The SMILES string of the molecule is C=CC1C2CC[NH+]1[C@H]([C@H](O)c1ccnc3ccc(OC)cc13)C2.O=[P+]([O-])[C@@H](N[C@@H](c1ccccc1)[P+](=O)O)c1ccccc1. The van der Waals surface area contributed by atoms with Crippen molar-refractivity contribution in [3.05, 3.63) is 120 Å². The number of rotatable bonds is 10. The Bertz CT molecular complexity index is 1550. The number of hydrogen-bond acceptors (Lipinski definition) is 7. The van der Waals surface area contributed by atoms with E-state index in [1.54, 1.807) is 74.0 Å². The fourth-order valence-electron chi connectivity index (χ4n) is 6.59. The van der Waals surface area contributed by atoms with E-state index < -0.39 is 33.7 Å². The first-order valence-corrected chi connectivity index (χ1v) is 17.1. The van der Waals surface area contributed by atoms with Crippen LogP contribution in [0.2, 0.25) is 0 Å². The van der Waals surface area contributed by atoms with Crippen LogP contribution in [0.25, 0.3) is 10.9 Å². The molecule has 6 rings (SSSR count). The fraction of sp³-hybridized carbons (Fsp3) is 0.303. The quantitative estimate of drug-likeness (QED) is 0.150. The molecule has 5 unspecified atom stereocenters. The van der Waals surface area contributed by atoms with Crippen molar-refractivity contribution in [1.82, 2.24) is 10.3 Å². The molecule has 0 spiro atoms. The lowest BCUT2D eigenvalue weighted by Crippen LogP contribution is -3.16. The van der Waals surface area contributed by atoms with Crippen molar-refractivity contribution in [2.24, 2.45) is 5.92 Å². The van der Waals surface area contributed by atoms with Crippen molar-refractivity contribution in [3.8, 4) is 5.75 Å². The third kappa shape index (κ3) is 6.96. The summed E-state index contributed by atoms with van der Waals surface area (Å²) in [5.41, 5.74) is 2.96. The number of benzene rings is 3. The summed E-state index contributed by atoms with van der Waals surface area (Å²) in [4.78, 5) is 26.9. The monoisotopic (exact) mass is 633 g/mol. The molecule has 2 saturated heterocycles. The third-order valence-corrected chi connectivity index (χ3v) is 10.4. The molecule has 0 saturated carbocycles. The standard InChI is InChI=1S/C19H22N2O2.C14H13NO4P2/c1-3-17-12-7-9-21(17)18(10-12)19(22)14-6-8-20-16-5-4-13(23-2)11-15(14)16;16-20(17)13(11-7-3-1-4-8-11)15-14(21(18)19)12-9-5-2-6-10-12/h3-6,8,11-12,17-19,22H,1,7,9-10H2,2H3;1-10,13-15H/p+2/t12?,17?,18-,19+;13-,14-/m01/s1. The molecule has 3 heterocycles. The zero-order valence-electron chi connectivity index (χ0n) is 24.4. The van der Waals surface area contributed by atoms with Crippen LogP contribution < -0.4 is 19.8 Å². The van der Waals surface area contributed by atoms with E-state index in [1.807, 2.05) is 24.3 Å². The molecule has 9 atom stereocenters. The number of methoxy groups -OCH3 is 1. The van der Waals surface area contributed by atoms with E-state index in [2.05, 4.69) is 23.0 Å². The lowest BCUT2D eigenvalue weighted by Gasteiger charge is -2.28. The van der Waals surface area contributed by atoms with Gasteiger partial charge in [-0.3, -0.25) is 4.98 Å². The number of aliphatic hydroxyl groups is 1. The van der Waals surface area contributed by atoms with Crippen LogP contribution in [0.3, 0.4) is 0 Å². The number of pyridine rings is 1. The molecule has 2 fully saturated rings. The van der Waals surface area contributed by atoms with E-state index >= 15 is 0 Å². The fourth-order valence-corrected chi connectivity index (χ4v) is 8.09. The first-order chi connectivity index (χ1) is 21.3. The molecule has 228 valence electrons. The van der Waals surface area contributed by atoms with Gasteiger partial charge in [-0.05, 0) is 40.5 Å². The summed E-state index contributed by atoms with van der Waals surface area (Å²) in [6.07, 6.45) is 5.71. The maximum atomic E-state index is 11.6. The zero-order valence-corrected chi connectivity index (χ0v) is 26.2. The molecule has 0 amide bonds. The average molecular weight is 634 g/mol. The second kappa shape index (κ2) is 14.6. The van der Waals surface area contributed by atoms with Crippen molar-refractivity contribution in [1.29, 1.82) is 0 Å². The second-order valence-corrected chi connectivity index (χ2v) is 13.3. The molecular weight excluding hydrogens is 596 g/mol. The van der Waals surface area contributed by atoms with Crippen LogP contribution in [0.5, 0.6) is 5.75 Å². The highest BCUT2D eigenvalue weighted by Gasteiger charge is 2.51. The van der Waals surface area contributed by atoms with E-state index in [4.69, 9.17) is 4.74 Å². The Balaban J connectivity index is 0.000000176. The van der Waals surface area contributed by atoms with Gasteiger partial charge in [0.1, 0.15) is 23.9 Å². The predicted molar refractivity (Wildman–Crippen MR) is 169 cm³/mol. The van der Waals surface area contributed by atoms with Crippen molar-refractivity contribution in [2.75, 3.05) is 13.7 Å². The number of nitrogens with one attached hydrogen (secondary N) is 2. The van der Waals surface area contributed by atoms with E-state index in [-0.39, 0.29) is 6.04 Å². The summed E-state index contributed by atoms with van der Waals surface area (Å²) in [7, 11) is -3.79. The van der Waals surface area contributed by atoms with Gasteiger partial charge >= 0.3 is 16.1 Å². The van der Waals surface area contributed by atoms with Crippen molar-refractivity contribution in [2.45, 2.75) is 42.6 Å². The van der Waals surface area contributed by atoms with Gasteiger partial charge in [-0.1, -0.05) is 71.8 Å². The molecule has 0 aliphatic carbocycles. The molecule has 2 aliphatic rings. The van der Waals surface area contributed by atoms with Crippen LogP contribution in [-0.4, -0.2) is 40.7 Å². The summed E-state index contributed by atoms with van der Waals surface area (Å²) in [6, 6.07) is 25.7. The van der Waals surface area contributed by atoms with Crippen LogP contribution in [0.4, 0.5) is 0 Å². The number of fused-ring (bicyclic) bond motifs is 3. The van der Waals surface area contributed by atoms with E-state index in [1.165, 1.54) is 11.3 Å². The summed E-state index contributed by atoms with van der Waals surface area (Å²) >= 11 is 0. The number of quaternary nitrogens is 1. The molecule has 2 aliphatic heterocycles. The Morgan fingerprint density at radius 2 is 1.70 bits per heavy atom. The van der Waals surface area contributed by atoms with Gasteiger partial charge < -0.3 is 19.6 Å². The van der Waals surface area contributed by atoms with Gasteiger partial charge in [-0.25, -0.2) is 5.32 Å². The molecular formula is C33H37N3O6P2+2. The Hall–Kier alpha value is -3.39. The topological polar surface area (TPSA) is 136 Å². The molecule has 44 heavy (non-hydrogen) atoms. The predicted octanol–water partition coefficient (Wildman–Crippen LogP) is 4.32. The van der Waals surface area contributed by atoms with Gasteiger partial charge in [-0.2, -0.15) is 4.89 Å². The van der Waals surface area contributed by atoms with Crippen molar-refractivity contribution >= 4 is 27.0 Å². The maximum Gasteiger partial charge on any atom is 0.529 e. The lowest BCUT2D eigenvalue weighted by atomic mass is 9.90. The van der Waals surface area contributed by atoms with Crippen molar-refractivity contribution < 1.29 is 33.7 Å². The third-order valence-electron chi connectivity index (χ3n) is 8.69. The molecule has 2 bridgehead atoms. The van der Waals surface area contributed by atoms with Crippen LogP contribution in [0.1, 0.15) is 47.2 Å². The van der Waals surface area contributed by atoms with Crippen LogP contribution in [0, 0.1) is 5.92 Å². The minimum atomic E-state index is -2.84. The number of aromatic nitrogens is 1. The Labute approximate surface area is 259 Å². The average Bonchev–Trinajstić information content (AvgIpc) is 3.62. The lowest BCUT2D eigenvalue weighted by molar-refractivity contribution is -0.925. The molecule has 3 aromatic carbocycles. The Morgan fingerprint density at radius 3 is 2.27 bits per heavy atom. The Kier molecular flexibility index (Phi) is 10.6. The Morgan fingerprint density at radius 1 is 1.05 bits per heavy atom. The van der Waals surface area contributed by atoms with Crippen LogP contribution in [-0.2, 0) is 9.13 Å². The van der Waals surface area contributed by atoms with E-state index in [0.717, 1.165) is 35.2 Å². The minimum absolute atomic E-state index is 0.244. The van der Waals surface area contributed by atoms with Gasteiger partial charge in [0.15, 0.2) is 0 Å². The van der Waals surface area contributed by atoms with Crippen molar-refractivity contribution in [3.63, 3.8) is 0 Å². The second-order valence-electron chi connectivity index (χ2n) is 11.1. The van der Waals surface area contributed by atoms with Gasteiger partial charge in [0.25, 0.3) is 5.78 Å². The first kappa shape index (κ1) is 32.0. The smallest absolute Gasteiger partial charge is 0.529 e. The number of ether oxygens (including phenoxy) is 1. The minimum Gasteiger partial charge on any atom is -0.594 e. The molecule has 4 N–H and O–H groups in total. The molecule has 4 aromatic rings. The van der Waals surface area contributed by atoms with E-state index in [0.29, 0.717) is 23.1 Å². The summed E-state index contributed by atoms with van der Waals surface area (Å²) in [6.45, 7) is 5.13. The number of aliphatic hydroxyl groups excluding tert-OH is 1. The first-order valence-electron chi connectivity index (χ1n) is 14.6. The zero-order chi connectivity index (χ0) is 31.2. The van der Waals surface area contributed by atoms with E-state index in [9.17, 15) is 24.0 Å². The number of piperidine rings is 1. The normalized spacial score (nSPS) is 23.2. The highest BCUT2D eigenvalue weighted by molar-refractivity contribution is 7.39. The summed E-state index contributed by atoms with van der Waals surface area (Å²) in [5.74, 6) is -0.495. The largest absolute Gasteiger partial charge is 0.594 e. The summed E-state index contributed by atoms with van der Waals surface area (Å²) < 4.78 is 28.4. The summed E-state index contributed by atoms with van der Waals surface area (Å²) in [5, 5.41) is 14.8. The molecule has 1 aromatic heterocycles. The highest BCUT2D eigenvalue weighted by atomic mass is 31.1. The number of nitrogens with zero attached hydrogens (tertiary/aromatic N) is 1. The van der Waals surface area contributed by atoms with Crippen LogP contribution in [0.15, 0.2) is 104 Å². The van der Waals surface area contributed by atoms with Gasteiger partial charge in [0.05, 0.1) is 19.2 Å². The molecule has 0 radical (unpaired) electrons. The molecule has 9 nitrogen and oxygen atoms in total. The highest BCUT2D eigenvalue weighted by Crippen LogP contribution is 2.41. The van der Waals surface area contributed by atoms with Gasteiger partial charge in [0, 0.05) is 41.5 Å². The molecule has 11 heteroatoms.